The maximum atomic E-state index is 5.07. The number of hydrogen-bond acceptors (Lipinski definition) is 2. The van der Waals surface area contributed by atoms with Crippen molar-refractivity contribution < 1.29 is 4.74 Å². The molecular weight excluding hydrogens is 327 g/mol. The molecule has 0 radical (unpaired) electrons. The van der Waals surface area contributed by atoms with Crippen molar-refractivity contribution in [2.24, 2.45) is 0 Å². The zero-order chi connectivity index (χ0) is 12.1. The third-order valence-electron chi connectivity index (χ3n) is 2.57. The van der Waals surface area contributed by atoms with Crippen LogP contribution in [0.2, 0.25) is 0 Å². The number of aromatic nitrogens is 2. The minimum Gasteiger partial charge on any atom is -0.385 e. The van der Waals surface area contributed by atoms with E-state index in [1.54, 1.807) is 7.11 Å². The van der Waals surface area contributed by atoms with Crippen LogP contribution in [-0.2, 0) is 11.3 Å². The van der Waals surface area contributed by atoms with E-state index < -0.39 is 0 Å². The van der Waals surface area contributed by atoms with Gasteiger partial charge in [-0.15, -0.1) is 0 Å². The fraction of sp³-hybridized carbons (Fsp3) is 0.308. The topological polar surface area (TPSA) is 27.1 Å². The minimum atomic E-state index is 0.782. The molecule has 0 amide bonds. The largest absolute Gasteiger partial charge is 0.385 e. The van der Waals surface area contributed by atoms with Gasteiger partial charge in [0.2, 0.25) is 0 Å². The molecule has 0 N–H and O–H groups in total. The molecule has 1 heterocycles. The first-order valence-corrected chi connectivity index (χ1v) is 6.65. The molecule has 17 heavy (non-hydrogen) atoms. The monoisotopic (exact) mass is 342 g/mol. The Morgan fingerprint density at radius 3 is 2.76 bits per heavy atom. The highest BCUT2D eigenvalue weighted by Crippen LogP contribution is 2.19. The van der Waals surface area contributed by atoms with Crippen LogP contribution in [0.5, 0.6) is 0 Å². The summed E-state index contributed by atoms with van der Waals surface area (Å²) in [4.78, 5) is 4.41. The predicted octanol–water partition coefficient (Wildman–Crippen LogP) is 3.19. The molecule has 0 saturated carbocycles. The first kappa shape index (κ1) is 12.6. The summed E-state index contributed by atoms with van der Waals surface area (Å²) in [7, 11) is 1.73. The minimum absolute atomic E-state index is 0.782. The van der Waals surface area contributed by atoms with Crippen LogP contribution in [0.3, 0.4) is 0 Å². The van der Waals surface area contributed by atoms with Gasteiger partial charge in [0.05, 0.1) is 0 Å². The molecule has 0 aliphatic heterocycles. The van der Waals surface area contributed by atoms with Gasteiger partial charge >= 0.3 is 0 Å². The van der Waals surface area contributed by atoms with E-state index in [2.05, 4.69) is 56.4 Å². The fourth-order valence-electron chi connectivity index (χ4n) is 1.73. The Morgan fingerprint density at radius 1 is 1.29 bits per heavy atom. The van der Waals surface area contributed by atoms with Crippen LogP contribution >= 0.6 is 22.6 Å². The number of halogens is 1. The molecular formula is C13H15IN2O. The normalized spacial score (nSPS) is 10.7. The van der Waals surface area contributed by atoms with Gasteiger partial charge in [0.1, 0.15) is 5.82 Å². The van der Waals surface area contributed by atoms with Crippen molar-refractivity contribution in [2.45, 2.75) is 13.0 Å². The van der Waals surface area contributed by atoms with Gasteiger partial charge in [0.25, 0.3) is 0 Å². The van der Waals surface area contributed by atoms with E-state index in [0.29, 0.717) is 0 Å². The molecule has 4 heteroatoms. The van der Waals surface area contributed by atoms with Gasteiger partial charge in [0, 0.05) is 41.8 Å². The molecule has 0 aliphatic rings. The van der Waals surface area contributed by atoms with Crippen molar-refractivity contribution in [3.05, 3.63) is 40.2 Å². The number of hydrogen-bond donors (Lipinski definition) is 0. The summed E-state index contributed by atoms with van der Waals surface area (Å²) in [5.74, 6) is 1.03. The number of ether oxygens (including phenoxy) is 1. The molecule has 1 aromatic carbocycles. The second-order valence-electron chi connectivity index (χ2n) is 3.80. The lowest BCUT2D eigenvalue weighted by atomic mass is 10.2. The standard InChI is InChI=1S/C13H15IN2O/c1-17-10-2-8-16-9-7-15-13(16)11-3-5-12(14)6-4-11/h3-7,9H,2,8,10H2,1H3. The van der Waals surface area contributed by atoms with Gasteiger partial charge in [-0.25, -0.2) is 4.98 Å². The Morgan fingerprint density at radius 2 is 2.06 bits per heavy atom. The van der Waals surface area contributed by atoms with Gasteiger partial charge < -0.3 is 9.30 Å². The van der Waals surface area contributed by atoms with Crippen LogP contribution in [0.4, 0.5) is 0 Å². The predicted molar refractivity (Wildman–Crippen MR) is 76.9 cm³/mol. The SMILES string of the molecule is COCCCn1ccnc1-c1ccc(I)cc1. The molecule has 0 spiro atoms. The second kappa shape index (κ2) is 6.16. The van der Waals surface area contributed by atoms with Crippen molar-refractivity contribution in [3.63, 3.8) is 0 Å². The van der Waals surface area contributed by atoms with Crippen molar-refractivity contribution in [1.29, 1.82) is 0 Å². The van der Waals surface area contributed by atoms with Crippen LogP contribution in [0, 0.1) is 3.57 Å². The molecule has 0 fully saturated rings. The van der Waals surface area contributed by atoms with Gasteiger partial charge in [-0.3, -0.25) is 0 Å². The molecule has 1 aromatic heterocycles. The van der Waals surface area contributed by atoms with E-state index >= 15 is 0 Å². The lowest BCUT2D eigenvalue weighted by Gasteiger charge is -2.07. The first-order chi connectivity index (χ1) is 8.31. The van der Waals surface area contributed by atoms with Crippen LogP contribution in [0.1, 0.15) is 6.42 Å². The van der Waals surface area contributed by atoms with Gasteiger partial charge in [0.15, 0.2) is 0 Å². The third kappa shape index (κ3) is 3.29. The van der Waals surface area contributed by atoms with Crippen molar-refractivity contribution in [2.75, 3.05) is 13.7 Å². The van der Waals surface area contributed by atoms with Crippen LogP contribution in [0.15, 0.2) is 36.7 Å². The molecule has 90 valence electrons. The Kier molecular flexibility index (Phi) is 4.56. The highest BCUT2D eigenvalue weighted by atomic mass is 127. The fourth-order valence-corrected chi connectivity index (χ4v) is 2.09. The van der Waals surface area contributed by atoms with E-state index in [1.165, 1.54) is 3.57 Å². The van der Waals surface area contributed by atoms with Gasteiger partial charge in [-0.05, 0) is 41.1 Å². The molecule has 0 bridgehead atoms. The molecule has 3 nitrogen and oxygen atoms in total. The third-order valence-corrected chi connectivity index (χ3v) is 3.28. The summed E-state index contributed by atoms with van der Waals surface area (Å²) < 4.78 is 8.47. The average molecular weight is 342 g/mol. The number of methoxy groups -OCH3 is 1. The number of imidazole rings is 1. The lowest BCUT2D eigenvalue weighted by Crippen LogP contribution is -2.02. The molecule has 0 atom stereocenters. The highest BCUT2D eigenvalue weighted by Gasteiger charge is 2.05. The molecule has 2 rings (SSSR count). The summed E-state index contributed by atoms with van der Waals surface area (Å²) >= 11 is 2.31. The zero-order valence-corrected chi connectivity index (χ0v) is 11.9. The summed E-state index contributed by atoms with van der Waals surface area (Å²) in [5.41, 5.74) is 1.16. The molecule has 2 aromatic rings. The molecule has 0 aliphatic carbocycles. The number of aryl methyl sites for hydroxylation is 1. The Hall–Kier alpha value is -0.880. The number of benzene rings is 1. The maximum absolute atomic E-state index is 5.07. The highest BCUT2D eigenvalue weighted by molar-refractivity contribution is 14.1. The van der Waals surface area contributed by atoms with E-state index in [9.17, 15) is 0 Å². The maximum Gasteiger partial charge on any atom is 0.139 e. The van der Waals surface area contributed by atoms with Crippen molar-refractivity contribution >= 4 is 22.6 Å². The Labute approximate surface area is 115 Å². The van der Waals surface area contributed by atoms with E-state index in [1.807, 2.05) is 12.4 Å². The zero-order valence-electron chi connectivity index (χ0n) is 9.77. The quantitative estimate of drug-likeness (QED) is 0.616. The summed E-state index contributed by atoms with van der Waals surface area (Å²) in [5, 5.41) is 0. The molecule has 0 saturated heterocycles. The number of nitrogens with zero attached hydrogens (tertiary/aromatic N) is 2. The first-order valence-electron chi connectivity index (χ1n) is 5.57. The lowest BCUT2D eigenvalue weighted by molar-refractivity contribution is 0.190. The smallest absolute Gasteiger partial charge is 0.139 e. The van der Waals surface area contributed by atoms with Crippen molar-refractivity contribution in [3.8, 4) is 11.4 Å². The van der Waals surface area contributed by atoms with Gasteiger partial charge in [-0.2, -0.15) is 0 Å². The Bertz CT molecular complexity index is 465. The summed E-state index contributed by atoms with van der Waals surface area (Å²) in [6.07, 6.45) is 4.87. The van der Waals surface area contributed by atoms with E-state index in [-0.39, 0.29) is 0 Å². The van der Waals surface area contributed by atoms with Crippen molar-refractivity contribution in [1.82, 2.24) is 9.55 Å². The summed E-state index contributed by atoms with van der Waals surface area (Å²) in [6, 6.07) is 8.42. The average Bonchev–Trinajstić information content (AvgIpc) is 2.79. The van der Waals surface area contributed by atoms with E-state index in [0.717, 1.165) is 31.0 Å². The van der Waals surface area contributed by atoms with Crippen LogP contribution in [-0.4, -0.2) is 23.3 Å². The summed E-state index contributed by atoms with van der Waals surface area (Å²) in [6.45, 7) is 1.72. The van der Waals surface area contributed by atoms with Gasteiger partial charge in [-0.1, -0.05) is 12.1 Å². The second-order valence-corrected chi connectivity index (χ2v) is 5.04. The number of rotatable bonds is 5. The Balaban J connectivity index is 2.15. The van der Waals surface area contributed by atoms with Crippen LogP contribution < -0.4 is 0 Å². The van der Waals surface area contributed by atoms with E-state index in [4.69, 9.17) is 4.74 Å². The van der Waals surface area contributed by atoms with Crippen LogP contribution in [0.25, 0.3) is 11.4 Å². The molecule has 0 unspecified atom stereocenters.